The van der Waals surface area contributed by atoms with E-state index in [1.165, 1.54) is 5.56 Å². The highest BCUT2D eigenvalue weighted by atomic mass is 32.2. The lowest BCUT2D eigenvalue weighted by atomic mass is 10.1. The van der Waals surface area contributed by atoms with Crippen molar-refractivity contribution in [3.63, 3.8) is 0 Å². The summed E-state index contributed by atoms with van der Waals surface area (Å²) in [6.45, 7) is 2.05. The van der Waals surface area contributed by atoms with Crippen LogP contribution in [-0.4, -0.2) is 28.2 Å². The minimum Gasteiger partial charge on any atom is -0.496 e. The van der Waals surface area contributed by atoms with E-state index in [1.807, 2.05) is 30.5 Å². The largest absolute Gasteiger partial charge is 0.496 e. The fraction of sp³-hybridized carbons (Fsp3) is 0.222. The maximum Gasteiger partial charge on any atom is 0.210 e. The molecule has 25 heavy (non-hydrogen) atoms. The fourth-order valence-electron chi connectivity index (χ4n) is 2.39. The zero-order valence-corrected chi connectivity index (χ0v) is 16.0. The smallest absolute Gasteiger partial charge is 0.210 e. The molecular weight excluding hydrogens is 352 g/mol. The van der Waals surface area contributed by atoms with Gasteiger partial charge in [-0.2, -0.15) is 0 Å². The molecule has 7 heteroatoms. The van der Waals surface area contributed by atoms with Gasteiger partial charge in [0.2, 0.25) is 5.16 Å². The predicted octanol–water partition coefficient (Wildman–Crippen LogP) is 3.99. The van der Waals surface area contributed by atoms with Crippen molar-refractivity contribution in [2.24, 2.45) is 0 Å². The standard InChI is InChI=1S/C18H20N4OS2/c1-12-4-7-14(8-5-12)17-20-21-18(22(17)19)25-11-13-6-9-16(24-3)15(10-13)23-2/h4-10H,11,19H2,1-3H3. The summed E-state index contributed by atoms with van der Waals surface area (Å²) in [4.78, 5) is 1.12. The van der Waals surface area contributed by atoms with Crippen molar-refractivity contribution in [2.45, 2.75) is 22.7 Å². The summed E-state index contributed by atoms with van der Waals surface area (Å²) in [5.41, 5.74) is 3.31. The number of nitrogens with zero attached hydrogens (tertiary/aromatic N) is 3. The van der Waals surface area contributed by atoms with Gasteiger partial charge >= 0.3 is 0 Å². The first kappa shape index (κ1) is 17.7. The molecule has 1 aromatic heterocycles. The molecule has 0 radical (unpaired) electrons. The molecule has 0 aliphatic rings. The molecule has 2 aromatic carbocycles. The molecule has 0 aliphatic carbocycles. The Morgan fingerprint density at radius 2 is 1.88 bits per heavy atom. The monoisotopic (exact) mass is 372 g/mol. The number of aromatic nitrogens is 3. The van der Waals surface area contributed by atoms with Gasteiger partial charge in [-0.25, -0.2) is 4.68 Å². The summed E-state index contributed by atoms with van der Waals surface area (Å²) >= 11 is 3.22. The molecule has 130 valence electrons. The third kappa shape index (κ3) is 3.93. The highest BCUT2D eigenvalue weighted by Crippen LogP contribution is 2.31. The Morgan fingerprint density at radius 3 is 2.56 bits per heavy atom. The SMILES string of the molecule is COc1cc(CSc2nnc(-c3ccc(C)cc3)n2N)ccc1SC. The molecule has 3 aromatic rings. The second-order valence-corrected chi connectivity index (χ2v) is 7.31. The molecule has 0 bridgehead atoms. The highest BCUT2D eigenvalue weighted by molar-refractivity contribution is 7.98. The molecular formula is C18H20N4OS2. The van der Waals surface area contributed by atoms with E-state index >= 15 is 0 Å². The number of rotatable bonds is 6. The van der Waals surface area contributed by atoms with Crippen molar-refractivity contribution in [2.75, 3.05) is 19.2 Å². The Balaban J connectivity index is 1.75. The third-order valence-corrected chi connectivity index (χ3v) is 5.58. The van der Waals surface area contributed by atoms with E-state index in [2.05, 4.69) is 35.3 Å². The van der Waals surface area contributed by atoms with E-state index < -0.39 is 0 Å². The van der Waals surface area contributed by atoms with Crippen LogP contribution in [0.3, 0.4) is 0 Å². The molecule has 0 aliphatic heterocycles. The Morgan fingerprint density at radius 1 is 1.12 bits per heavy atom. The van der Waals surface area contributed by atoms with E-state index in [9.17, 15) is 0 Å². The van der Waals surface area contributed by atoms with Crippen LogP contribution < -0.4 is 10.6 Å². The van der Waals surface area contributed by atoms with Crippen LogP contribution in [0.5, 0.6) is 5.75 Å². The lowest BCUT2D eigenvalue weighted by Crippen LogP contribution is -2.11. The summed E-state index contributed by atoms with van der Waals surface area (Å²) in [7, 11) is 1.69. The fourth-order valence-corrected chi connectivity index (χ4v) is 3.74. The number of benzene rings is 2. The minimum absolute atomic E-state index is 0.665. The van der Waals surface area contributed by atoms with Crippen LogP contribution in [0, 0.1) is 6.92 Å². The van der Waals surface area contributed by atoms with Gasteiger partial charge in [0.05, 0.1) is 7.11 Å². The van der Waals surface area contributed by atoms with Gasteiger partial charge in [0.15, 0.2) is 5.82 Å². The van der Waals surface area contributed by atoms with Crippen LogP contribution in [0.15, 0.2) is 52.5 Å². The lowest BCUT2D eigenvalue weighted by Gasteiger charge is -2.09. The van der Waals surface area contributed by atoms with Crippen LogP contribution in [0.25, 0.3) is 11.4 Å². The Hall–Kier alpha value is -2.12. The van der Waals surface area contributed by atoms with Crippen molar-refractivity contribution < 1.29 is 4.74 Å². The van der Waals surface area contributed by atoms with Gasteiger partial charge in [-0.1, -0.05) is 47.7 Å². The summed E-state index contributed by atoms with van der Waals surface area (Å²) in [5, 5.41) is 9.13. The number of thioether (sulfide) groups is 2. The van der Waals surface area contributed by atoms with Gasteiger partial charge in [-0.3, -0.25) is 0 Å². The second-order valence-electron chi connectivity index (χ2n) is 5.52. The van der Waals surface area contributed by atoms with Crippen LogP contribution in [0.2, 0.25) is 0 Å². The van der Waals surface area contributed by atoms with Gasteiger partial charge in [0.25, 0.3) is 0 Å². The minimum atomic E-state index is 0.665. The first-order valence-electron chi connectivity index (χ1n) is 7.73. The maximum atomic E-state index is 6.18. The van der Waals surface area contributed by atoms with E-state index in [0.29, 0.717) is 11.0 Å². The van der Waals surface area contributed by atoms with Gasteiger partial charge in [0.1, 0.15) is 5.75 Å². The van der Waals surface area contributed by atoms with Crippen LogP contribution >= 0.6 is 23.5 Å². The number of hydrogen-bond donors (Lipinski definition) is 1. The quantitative estimate of drug-likeness (QED) is 0.521. The number of methoxy groups -OCH3 is 1. The number of nitrogens with two attached hydrogens (primary N) is 1. The molecule has 0 spiro atoms. The van der Waals surface area contributed by atoms with Gasteiger partial charge < -0.3 is 10.6 Å². The summed E-state index contributed by atoms with van der Waals surface area (Å²) in [6, 6.07) is 14.3. The summed E-state index contributed by atoms with van der Waals surface area (Å²) in [6.07, 6.45) is 2.04. The maximum absolute atomic E-state index is 6.18. The Kier molecular flexibility index (Phi) is 5.55. The van der Waals surface area contributed by atoms with Crippen LogP contribution in [0.4, 0.5) is 0 Å². The number of hydrogen-bond acceptors (Lipinski definition) is 6. The predicted molar refractivity (Wildman–Crippen MR) is 105 cm³/mol. The second kappa shape index (κ2) is 7.84. The average molecular weight is 373 g/mol. The first-order chi connectivity index (χ1) is 12.1. The lowest BCUT2D eigenvalue weighted by molar-refractivity contribution is 0.404. The topological polar surface area (TPSA) is 66.0 Å². The first-order valence-corrected chi connectivity index (χ1v) is 9.94. The van der Waals surface area contributed by atoms with Crippen molar-refractivity contribution in [1.29, 1.82) is 0 Å². The summed E-state index contributed by atoms with van der Waals surface area (Å²) in [5.74, 6) is 8.48. The highest BCUT2D eigenvalue weighted by Gasteiger charge is 2.12. The van der Waals surface area contributed by atoms with E-state index in [0.717, 1.165) is 27.5 Å². The number of ether oxygens (including phenoxy) is 1. The molecule has 0 saturated carbocycles. The molecule has 1 heterocycles. The van der Waals surface area contributed by atoms with Crippen LogP contribution in [-0.2, 0) is 5.75 Å². The zero-order valence-electron chi connectivity index (χ0n) is 14.4. The normalized spacial score (nSPS) is 10.8. The van der Waals surface area contributed by atoms with E-state index in [4.69, 9.17) is 10.6 Å². The van der Waals surface area contributed by atoms with Gasteiger partial charge in [-0.05, 0) is 30.9 Å². The molecule has 3 rings (SSSR count). The van der Waals surface area contributed by atoms with Crippen molar-refractivity contribution in [3.05, 3.63) is 53.6 Å². The van der Waals surface area contributed by atoms with Gasteiger partial charge in [-0.15, -0.1) is 22.0 Å². The molecule has 0 unspecified atom stereocenters. The number of nitrogen functional groups attached to an aromatic ring is 1. The van der Waals surface area contributed by atoms with Gasteiger partial charge in [0, 0.05) is 16.2 Å². The van der Waals surface area contributed by atoms with Crippen molar-refractivity contribution >= 4 is 23.5 Å². The molecule has 0 amide bonds. The third-order valence-electron chi connectivity index (χ3n) is 3.79. The average Bonchev–Trinajstić information content (AvgIpc) is 3.01. The van der Waals surface area contributed by atoms with Crippen molar-refractivity contribution in [3.8, 4) is 17.1 Å². The molecule has 0 atom stereocenters. The molecule has 5 nitrogen and oxygen atoms in total. The van der Waals surface area contributed by atoms with E-state index in [-0.39, 0.29) is 0 Å². The Bertz CT molecular complexity index is 862. The van der Waals surface area contributed by atoms with Crippen LogP contribution in [0.1, 0.15) is 11.1 Å². The molecule has 0 saturated heterocycles. The molecule has 0 fully saturated rings. The summed E-state index contributed by atoms with van der Waals surface area (Å²) < 4.78 is 6.98. The molecule has 2 N–H and O–H groups in total. The zero-order chi connectivity index (χ0) is 17.8. The van der Waals surface area contributed by atoms with E-state index in [1.54, 1.807) is 35.3 Å². The number of aryl methyl sites for hydroxylation is 1. The Labute approximate surface area is 156 Å². The van der Waals surface area contributed by atoms with Crippen molar-refractivity contribution in [1.82, 2.24) is 14.9 Å².